The summed E-state index contributed by atoms with van der Waals surface area (Å²) in [5.41, 5.74) is -0.806. The predicted molar refractivity (Wildman–Crippen MR) is 68.7 cm³/mol. The summed E-state index contributed by atoms with van der Waals surface area (Å²) in [6, 6.07) is -0.0543. The van der Waals surface area contributed by atoms with Crippen LogP contribution in [0.4, 0.5) is 4.79 Å². The monoisotopic (exact) mass is 270 g/mol. The van der Waals surface area contributed by atoms with E-state index < -0.39 is 11.4 Å². The van der Waals surface area contributed by atoms with Gasteiger partial charge >= 0.3 is 12.0 Å². The number of nitrogens with zero attached hydrogens (tertiary/aromatic N) is 2. The van der Waals surface area contributed by atoms with Crippen molar-refractivity contribution in [3.8, 4) is 0 Å². The van der Waals surface area contributed by atoms with Gasteiger partial charge in [-0.05, 0) is 32.1 Å². The SMILES string of the molecule is CC1(C(=O)O)CCN(C(=O)N2CCC(CO)CC2)C1. The molecule has 2 rings (SSSR count). The van der Waals surface area contributed by atoms with E-state index in [0.29, 0.717) is 38.5 Å². The number of rotatable bonds is 2. The first-order valence-electron chi connectivity index (χ1n) is 6.84. The predicted octanol–water partition coefficient (Wildman–Crippen LogP) is 0.607. The van der Waals surface area contributed by atoms with Gasteiger partial charge in [0.2, 0.25) is 0 Å². The minimum Gasteiger partial charge on any atom is -0.481 e. The van der Waals surface area contributed by atoms with Crippen molar-refractivity contribution in [1.82, 2.24) is 9.80 Å². The van der Waals surface area contributed by atoms with E-state index in [0.717, 1.165) is 12.8 Å². The number of carbonyl (C=O) groups excluding carboxylic acids is 1. The number of aliphatic hydroxyl groups is 1. The van der Waals surface area contributed by atoms with Gasteiger partial charge in [0.1, 0.15) is 0 Å². The third kappa shape index (κ3) is 2.83. The Morgan fingerprint density at radius 2 is 1.84 bits per heavy atom. The van der Waals surface area contributed by atoms with E-state index in [1.165, 1.54) is 0 Å². The van der Waals surface area contributed by atoms with E-state index in [1.807, 2.05) is 0 Å². The van der Waals surface area contributed by atoms with E-state index in [4.69, 9.17) is 10.2 Å². The molecule has 0 aromatic carbocycles. The summed E-state index contributed by atoms with van der Waals surface area (Å²) in [7, 11) is 0. The lowest BCUT2D eigenvalue weighted by Gasteiger charge is -2.34. The minimum atomic E-state index is -0.832. The number of aliphatic hydroxyl groups excluding tert-OH is 1. The van der Waals surface area contributed by atoms with Crippen molar-refractivity contribution in [3.63, 3.8) is 0 Å². The zero-order chi connectivity index (χ0) is 14.0. The lowest BCUT2D eigenvalue weighted by molar-refractivity contribution is -0.147. The topological polar surface area (TPSA) is 81.1 Å². The van der Waals surface area contributed by atoms with Crippen LogP contribution >= 0.6 is 0 Å². The molecule has 0 aliphatic carbocycles. The molecule has 0 aromatic rings. The number of likely N-dealkylation sites (tertiary alicyclic amines) is 2. The first-order chi connectivity index (χ1) is 8.96. The summed E-state index contributed by atoms with van der Waals surface area (Å²) in [4.78, 5) is 26.9. The molecular weight excluding hydrogens is 248 g/mol. The fourth-order valence-electron chi connectivity index (χ4n) is 2.81. The molecule has 2 saturated heterocycles. The van der Waals surface area contributed by atoms with Gasteiger partial charge in [-0.1, -0.05) is 0 Å². The molecule has 6 heteroatoms. The van der Waals surface area contributed by atoms with Crippen molar-refractivity contribution in [1.29, 1.82) is 0 Å². The molecule has 1 atom stereocenters. The molecule has 2 aliphatic heterocycles. The minimum absolute atomic E-state index is 0.0543. The largest absolute Gasteiger partial charge is 0.481 e. The Bertz CT molecular complexity index is 366. The molecular formula is C13H22N2O4. The number of hydrogen-bond donors (Lipinski definition) is 2. The van der Waals surface area contributed by atoms with E-state index in [2.05, 4.69) is 0 Å². The molecule has 0 radical (unpaired) electrons. The molecule has 19 heavy (non-hydrogen) atoms. The van der Waals surface area contributed by atoms with Crippen LogP contribution < -0.4 is 0 Å². The molecule has 0 saturated carbocycles. The molecule has 6 nitrogen and oxygen atoms in total. The summed E-state index contributed by atoms with van der Waals surface area (Å²) >= 11 is 0. The Morgan fingerprint density at radius 1 is 1.21 bits per heavy atom. The van der Waals surface area contributed by atoms with Gasteiger partial charge in [0, 0.05) is 32.8 Å². The first-order valence-corrected chi connectivity index (χ1v) is 6.84. The summed E-state index contributed by atoms with van der Waals surface area (Å²) < 4.78 is 0. The van der Waals surface area contributed by atoms with Crippen LogP contribution in [0, 0.1) is 11.3 Å². The van der Waals surface area contributed by atoms with E-state index in [9.17, 15) is 9.59 Å². The molecule has 2 heterocycles. The highest BCUT2D eigenvalue weighted by Crippen LogP contribution is 2.31. The van der Waals surface area contributed by atoms with E-state index in [1.54, 1.807) is 16.7 Å². The zero-order valence-corrected chi connectivity index (χ0v) is 11.3. The highest BCUT2D eigenvalue weighted by atomic mass is 16.4. The number of carboxylic acids is 1. The smallest absolute Gasteiger partial charge is 0.320 e. The molecule has 0 spiro atoms. The van der Waals surface area contributed by atoms with Crippen LogP contribution in [0.5, 0.6) is 0 Å². The summed E-state index contributed by atoms with van der Waals surface area (Å²) in [5.74, 6) is -0.534. The highest BCUT2D eigenvalue weighted by molar-refractivity contribution is 5.79. The van der Waals surface area contributed by atoms with Gasteiger partial charge in [-0.15, -0.1) is 0 Å². The number of hydrogen-bond acceptors (Lipinski definition) is 3. The fourth-order valence-corrected chi connectivity index (χ4v) is 2.81. The van der Waals surface area contributed by atoms with E-state index in [-0.39, 0.29) is 12.6 Å². The molecule has 0 bridgehead atoms. The maximum atomic E-state index is 12.3. The Kier molecular flexibility index (Phi) is 3.99. The van der Waals surface area contributed by atoms with Crippen LogP contribution in [0.25, 0.3) is 0 Å². The van der Waals surface area contributed by atoms with Gasteiger partial charge in [-0.2, -0.15) is 0 Å². The standard InChI is InChI=1S/C13H22N2O4/c1-13(11(17)18)4-7-15(9-13)12(19)14-5-2-10(8-16)3-6-14/h10,16H,2-9H2,1H3,(H,17,18). The first kappa shape index (κ1) is 14.1. The van der Waals surface area contributed by atoms with Gasteiger partial charge in [-0.25, -0.2) is 4.79 Å². The molecule has 2 aliphatic rings. The Balaban J connectivity index is 1.90. The highest BCUT2D eigenvalue weighted by Gasteiger charge is 2.43. The second-order valence-electron chi connectivity index (χ2n) is 5.93. The summed E-state index contributed by atoms with van der Waals surface area (Å²) in [6.07, 6.45) is 2.17. The van der Waals surface area contributed by atoms with Crippen LogP contribution in [0.2, 0.25) is 0 Å². The lowest BCUT2D eigenvalue weighted by Crippen LogP contribution is -2.47. The van der Waals surface area contributed by atoms with Crippen LogP contribution in [0.1, 0.15) is 26.2 Å². The molecule has 2 amide bonds. The van der Waals surface area contributed by atoms with Crippen LogP contribution in [-0.4, -0.2) is 64.8 Å². The van der Waals surface area contributed by atoms with Gasteiger partial charge in [0.25, 0.3) is 0 Å². The van der Waals surface area contributed by atoms with Crippen molar-refractivity contribution >= 4 is 12.0 Å². The number of carbonyl (C=O) groups is 2. The fraction of sp³-hybridized carbons (Fsp3) is 0.846. The van der Waals surface area contributed by atoms with Crippen LogP contribution in [-0.2, 0) is 4.79 Å². The Morgan fingerprint density at radius 3 is 2.32 bits per heavy atom. The number of urea groups is 1. The second kappa shape index (κ2) is 5.36. The van der Waals surface area contributed by atoms with Crippen LogP contribution in [0.15, 0.2) is 0 Å². The normalized spacial score (nSPS) is 28.7. The van der Waals surface area contributed by atoms with Gasteiger partial charge in [0.05, 0.1) is 5.41 Å². The van der Waals surface area contributed by atoms with E-state index >= 15 is 0 Å². The summed E-state index contributed by atoms with van der Waals surface area (Å²) in [6.45, 7) is 4.00. The number of amides is 2. The maximum Gasteiger partial charge on any atom is 0.320 e. The lowest BCUT2D eigenvalue weighted by atomic mass is 9.90. The van der Waals surface area contributed by atoms with Crippen molar-refractivity contribution < 1.29 is 19.8 Å². The average molecular weight is 270 g/mol. The molecule has 1 unspecified atom stereocenters. The molecule has 108 valence electrons. The second-order valence-corrected chi connectivity index (χ2v) is 5.93. The third-order valence-electron chi connectivity index (χ3n) is 4.40. The van der Waals surface area contributed by atoms with Gasteiger partial charge in [-0.3, -0.25) is 4.79 Å². The molecule has 0 aromatic heterocycles. The van der Waals surface area contributed by atoms with Gasteiger partial charge < -0.3 is 20.0 Å². The van der Waals surface area contributed by atoms with Crippen molar-refractivity contribution in [3.05, 3.63) is 0 Å². The van der Waals surface area contributed by atoms with Crippen molar-refractivity contribution in [2.75, 3.05) is 32.8 Å². The zero-order valence-electron chi connectivity index (χ0n) is 11.3. The van der Waals surface area contributed by atoms with Crippen molar-refractivity contribution in [2.24, 2.45) is 11.3 Å². The van der Waals surface area contributed by atoms with Crippen molar-refractivity contribution in [2.45, 2.75) is 26.2 Å². The van der Waals surface area contributed by atoms with Crippen LogP contribution in [0.3, 0.4) is 0 Å². The average Bonchev–Trinajstić information content (AvgIpc) is 2.82. The number of aliphatic carboxylic acids is 1. The third-order valence-corrected chi connectivity index (χ3v) is 4.40. The quantitative estimate of drug-likeness (QED) is 0.770. The van der Waals surface area contributed by atoms with Gasteiger partial charge in [0.15, 0.2) is 0 Å². The molecule has 2 N–H and O–H groups in total. The summed E-state index contributed by atoms with van der Waals surface area (Å²) in [5, 5.41) is 18.2. The molecule has 2 fully saturated rings. The Labute approximate surface area is 113 Å². The number of piperidine rings is 1. The number of carboxylic acid groups (broad SMARTS) is 1. The Hall–Kier alpha value is -1.30. The maximum absolute atomic E-state index is 12.3.